The van der Waals surface area contributed by atoms with Crippen LogP contribution in [0.15, 0.2) is 48.5 Å². The third kappa shape index (κ3) is 4.53. The van der Waals surface area contributed by atoms with Crippen molar-refractivity contribution in [3.8, 4) is 0 Å². The Kier molecular flexibility index (Phi) is 4.75. The quantitative estimate of drug-likeness (QED) is 0.782. The summed E-state index contributed by atoms with van der Waals surface area (Å²) in [6.07, 6.45) is 2.23. The Morgan fingerprint density at radius 2 is 1.42 bits per heavy atom. The maximum Gasteiger partial charge on any atom is 0.0227 e. The van der Waals surface area contributed by atoms with E-state index in [1.54, 1.807) is 0 Å². The molecule has 0 aliphatic heterocycles. The molecule has 0 bridgehead atoms. The number of hydrogen-bond donors (Lipinski definition) is 0. The SMILES string of the molecule is Cc1ccc(CCc2cccc(CN(C)C)c2)cc1. The molecule has 0 fully saturated rings. The molecule has 0 amide bonds. The van der Waals surface area contributed by atoms with Gasteiger partial charge >= 0.3 is 0 Å². The molecule has 19 heavy (non-hydrogen) atoms. The molecule has 0 heterocycles. The fourth-order valence-electron chi connectivity index (χ4n) is 2.29. The van der Waals surface area contributed by atoms with Crippen molar-refractivity contribution in [2.75, 3.05) is 14.1 Å². The highest BCUT2D eigenvalue weighted by Crippen LogP contribution is 2.11. The van der Waals surface area contributed by atoms with Crippen molar-refractivity contribution in [1.82, 2.24) is 4.90 Å². The molecule has 2 aromatic carbocycles. The smallest absolute Gasteiger partial charge is 0.0227 e. The Hall–Kier alpha value is -1.60. The second-order valence-electron chi connectivity index (χ2n) is 5.54. The first-order valence-electron chi connectivity index (χ1n) is 6.91. The van der Waals surface area contributed by atoms with Gasteiger partial charge in [-0.25, -0.2) is 0 Å². The number of hydrogen-bond acceptors (Lipinski definition) is 1. The van der Waals surface area contributed by atoms with Gasteiger partial charge < -0.3 is 4.90 Å². The van der Waals surface area contributed by atoms with Crippen LogP contribution in [0.3, 0.4) is 0 Å². The minimum Gasteiger partial charge on any atom is -0.305 e. The predicted octanol–water partition coefficient (Wildman–Crippen LogP) is 3.84. The van der Waals surface area contributed by atoms with Gasteiger partial charge in [-0.1, -0.05) is 54.1 Å². The maximum atomic E-state index is 2.33. The van der Waals surface area contributed by atoms with Gasteiger partial charge in [0.2, 0.25) is 0 Å². The average Bonchev–Trinajstić information content (AvgIpc) is 2.38. The minimum absolute atomic E-state index is 1.01. The maximum absolute atomic E-state index is 2.33. The molecule has 100 valence electrons. The Labute approximate surface area is 116 Å². The molecule has 0 radical (unpaired) electrons. The summed E-state index contributed by atoms with van der Waals surface area (Å²) in [7, 11) is 4.22. The molecule has 0 spiro atoms. The van der Waals surface area contributed by atoms with Gasteiger partial charge in [-0.2, -0.15) is 0 Å². The minimum atomic E-state index is 1.01. The van der Waals surface area contributed by atoms with E-state index in [4.69, 9.17) is 0 Å². The van der Waals surface area contributed by atoms with Gasteiger partial charge in [0, 0.05) is 6.54 Å². The van der Waals surface area contributed by atoms with E-state index in [9.17, 15) is 0 Å². The third-order valence-corrected chi connectivity index (χ3v) is 3.31. The van der Waals surface area contributed by atoms with Crippen LogP contribution in [0.1, 0.15) is 22.3 Å². The molecule has 0 saturated heterocycles. The largest absolute Gasteiger partial charge is 0.305 e. The zero-order chi connectivity index (χ0) is 13.7. The Bertz CT molecular complexity index is 511. The van der Waals surface area contributed by atoms with Crippen LogP contribution in [0, 0.1) is 6.92 Å². The molecular weight excluding hydrogens is 230 g/mol. The first kappa shape index (κ1) is 13.8. The van der Waals surface area contributed by atoms with E-state index in [0.717, 1.165) is 19.4 Å². The van der Waals surface area contributed by atoms with Crippen molar-refractivity contribution in [1.29, 1.82) is 0 Å². The van der Waals surface area contributed by atoms with Crippen molar-refractivity contribution in [3.05, 3.63) is 70.8 Å². The van der Waals surface area contributed by atoms with Gasteiger partial charge in [-0.05, 0) is 50.6 Å². The molecule has 2 rings (SSSR count). The van der Waals surface area contributed by atoms with E-state index in [1.165, 1.54) is 22.3 Å². The van der Waals surface area contributed by atoms with Crippen LogP contribution in [0.5, 0.6) is 0 Å². The topological polar surface area (TPSA) is 3.24 Å². The second kappa shape index (κ2) is 6.53. The van der Waals surface area contributed by atoms with Crippen molar-refractivity contribution in [2.24, 2.45) is 0 Å². The standard InChI is InChI=1S/C18H23N/c1-15-7-9-16(10-8-15)11-12-17-5-4-6-18(13-17)14-19(2)3/h4-10,13H,11-12,14H2,1-3H3. The molecule has 0 saturated carbocycles. The molecule has 0 aliphatic carbocycles. The molecule has 1 nitrogen and oxygen atoms in total. The van der Waals surface area contributed by atoms with Gasteiger partial charge in [-0.15, -0.1) is 0 Å². The molecular formula is C18H23N. The highest BCUT2D eigenvalue weighted by atomic mass is 15.0. The van der Waals surface area contributed by atoms with Gasteiger partial charge in [0.1, 0.15) is 0 Å². The van der Waals surface area contributed by atoms with E-state index >= 15 is 0 Å². The van der Waals surface area contributed by atoms with E-state index in [-0.39, 0.29) is 0 Å². The summed E-state index contributed by atoms with van der Waals surface area (Å²) < 4.78 is 0. The van der Waals surface area contributed by atoms with Crippen molar-refractivity contribution in [2.45, 2.75) is 26.3 Å². The van der Waals surface area contributed by atoms with Crippen LogP contribution in [0.4, 0.5) is 0 Å². The predicted molar refractivity (Wildman–Crippen MR) is 82.4 cm³/mol. The van der Waals surface area contributed by atoms with E-state index in [1.807, 2.05) is 0 Å². The fourth-order valence-corrected chi connectivity index (χ4v) is 2.29. The molecule has 1 heteroatoms. The van der Waals surface area contributed by atoms with Crippen LogP contribution in [-0.2, 0) is 19.4 Å². The highest BCUT2D eigenvalue weighted by Gasteiger charge is 1.99. The third-order valence-electron chi connectivity index (χ3n) is 3.31. The number of nitrogens with zero attached hydrogens (tertiary/aromatic N) is 1. The lowest BCUT2D eigenvalue weighted by molar-refractivity contribution is 0.402. The monoisotopic (exact) mass is 253 g/mol. The van der Waals surface area contributed by atoms with Crippen molar-refractivity contribution >= 4 is 0 Å². The molecule has 0 unspecified atom stereocenters. The fraction of sp³-hybridized carbons (Fsp3) is 0.333. The summed E-state index contributed by atoms with van der Waals surface area (Å²) in [6.45, 7) is 3.15. The normalized spacial score (nSPS) is 10.9. The lowest BCUT2D eigenvalue weighted by Gasteiger charge is -2.11. The lowest BCUT2D eigenvalue weighted by atomic mass is 10.0. The Morgan fingerprint density at radius 3 is 2.11 bits per heavy atom. The van der Waals surface area contributed by atoms with Crippen molar-refractivity contribution < 1.29 is 0 Å². The van der Waals surface area contributed by atoms with E-state index < -0.39 is 0 Å². The van der Waals surface area contributed by atoms with E-state index in [2.05, 4.69) is 74.4 Å². The average molecular weight is 253 g/mol. The summed E-state index contributed by atoms with van der Waals surface area (Å²) in [5, 5.41) is 0. The number of rotatable bonds is 5. The zero-order valence-corrected chi connectivity index (χ0v) is 12.2. The van der Waals surface area contributed by atoms with Gasteiger partial charge in [0.25, 0.3) is 0 Å². The van der Waals surface area contributed by atoms with Crippen LogP contribution in [0.2, 0.25) is 0 Å². The Morgan fingerprint density at radius 1 is 0.789 bits per heavy atom. The molecule has 0 aliphatic rings. The lowest BCUT2D eigenvalue weighted by Crippen LogP contribution is -2.10. The van der Waals surface area contributed by atoms with Crippen molar-refractivity contribution in [3.63, 3.8) is 0 Å². The van der Waals surface area contributed by atoms with E-state index in [0.29, 0.717) is 0 Å². The van der Waals surface area contributed by atoms with Gasteiger partial charge in [-0.3, -0.25) is 0 Å². The Balaban J connectivity index is 1.97. The van der Waals surface area contributed by atoms with Gasteiger partial charge in [0.05, 0.1) is 0 Å². The summed E-state index contributed by atoms with van der Waals surface area (Å²) in [4.78, 5) is 2.21. The molecule has 0 aromatic heterocycles. The molecule has 0 N–H and O–H groups in total. The van der Waals surface area contributed by atoms with Crippen LogP contribution in [-0.4, -0.2) is 19.0 Å². The summed E-state index contributed by atoms with van der Waals surface area (Å²) in [5.41, 5.74) is 5.58. The highest BCUT2D eigenvalue weighted by molar-refractivity contribution is 5.26. The first-order valence-corrected chi connectivity index (χ1v) is 6.91. The molecule has 0 atom stereocenters. The summed E-state index contributed by atoms with van der Waals surface area (Å²) in [6, 6.07) is 17.8. The summed E-state index contributed by atoms with van der Waals surface area (Å²) >= 11 is 0. The first-order chi connectivity index (χ1) is 9.13. The number of aryl methyl sites for hydroxylation is 3. The zero-order valence-electron chi connectivity index (χ0n) is 12.2. The summed E-state index contributed by atoms with van der Waals surface area (Å²) in [5.74, 6) is 0. The van der Waals surface area contributed by atoms with Crippen LogP contribution < -0.4 is 0 Å². The molecule has 2 aromatic rings. The second-order valence-corrected chi connectivity index (χ2v) is 5.54. The number of benzene rings is 2. The van der Waals surface area contributed by atoms with Gasteiger partial charge in [0.15, 0.2) is 0 Å². The van der Waals surface area contributed by atoms with Crippen LogP contribution in [0.25, 0.3) is 0 Å². The van der Waals surface area contributed by atoms with Crippen LogP contribution >= 0.6 is 0 Å².